The highest BCUT2D eigenvalue weighted by Crippen LogP contribution is 2.44. The molecular weight excluding hydrogens is 424 g/mol. The molecule has 4 rings (SSSR count). The molecule has 0 saturated carbocycles. The lowest BCUT2D eigenvalue weighted by Crippen LogP contribution is -2.52. The minimum atomic E-state index is -1.16. The first-order chi connectivity index (χ1) is 16.0. The van der Waals surface area contributed by atoms with Gasteiger partial charge in [-0.2, -0.15) is 0 Å². The molecule has 1 aliphatic heterocycles. The highest BCUT2D eigenvalue weighted by atomic mass is 16.6. The second-order valence-electron chi connectivity index (χ2n) is 8.08. The molecule has 1 fully saturated rings. The molecule has 172 valence electrons. The van der Waals surface area contributed by atoms with Crippen LogP contribution in [0.25, 0.3) is 11.1 Å². The molecule has 2 amide bonds. The van der Waals surface area contributed by atoms with Gasteiger partial charge in [0.15, 0.2) is 6.10 Å². The molecular formula is C25H26N2O6. The summed E-state index contributed by atoms with van der Waals surface area (Å²) in [5, 5.41) is 14.4. The Hall–Kier alpha value is -3.65. The number of rotatable bonds is 8. The van der Waals surface area contributed by atoms with Gasteiger partial charge in [-0.05, 0) is 35.1 Å². The molecule has 1 aliphatic carbocycles. The van der Waals surface area contributed by atoms with Gasteiger partial charge in [0, 0.05) is 12.5 Å². The monoisotopic (exact) mass is 450 g/mol. The van der Waals surface area contributed by atoms with E-state index < -0.39 is 36.2 Å². The van der Waals surface area contributed by atoms with Gasteiger partial charge < -0.3 is 25.2 Å². The fraction of sp³-hybridized carbons (Fsp3) is 0.320. The first-order valence-electron chi connectivity index (χ1n) is 10.9. The van der Waals surface area contributed by atoms with E-state index in [1.54, 1.807) is 0 Å². The van der Waals surface area contributed by atoms with Crippen molar-refractivity contribution in [3.8, 4) is 11.1 Å². The van der Waals surface area contributed by atoms with Crippen molar-refractivity contribution in [1.29, 1.82) is 0 Å². The first-order valence-corrected chi connectivity index (χ1v) is 10.9. The Bertz CT molecular complexity index is 1020. The van der Waals surface area contributed by atoms with Crippen molar-refractivity contribution in [2.24, 2.45) is 0 Å². The molecule has 1 saturated heterocycles. The Morgan fingerprint density at radius 3 is 2.36 bits per heavy atom. The molecule has 33 heavy (non-hydrogen) atoms. The molecule has 3 N–H and O–H groups in total. The fourth-order valence-electron chi connectivity index (χ4n) is 4.43. The highest BCUT2D eigenvalue weighted by molar-refractivity contribution is 5.87. The second kappa shape index (κ2) is 9.87. The summed E-state index contributed by atoms with van der Waals surface area (Å²) < 4.78 is 11.0. The maximum atomic E-state index is 12.6. The molecule has 1 heterocycles. The Labute approximate surface area is 191 Å². The van der Waals surface area contributed by atoms with E-state index in [9.17, 15) is 19.5 Å². The minimum Gasteiger partial charge on any atom is -0.480 e. The summed E-state index contributed by atoms with van der Waals surface area (Å²) >= 11 is 0. The number of nitrogens with one attached hydrogen (secondary N) is 2. The predicted octanol–water partition coefficient (Wildman–Crippen LogP) is 2.83. The van der Waals surface area contributed by atoms with Crippen molar-refractivity contribution in [3.63, 3.8) is 0 Å². The van der Waals surface area contributed by atoms with Crippen molar-refractivity contribution in [2.75, 3.05) is 13.2 Å². The Kier molecular flexibility index (Phi) is 6.74. The van der Waals surface area contributed by atoms with E-state index in [4.69, 9.17) is 9.47 Å². The molecule has 3 atom stereocenters. The SMILES string of the molecule is C=CCC(NC(=O)[C@H]1OCC[C@H]1NC(=O)OCC1c2ccccc2-c2ccccc21)C(=O)O. The number of amides is 2. The normalized spacial score (nSPS) is 19.8. The number of aliphatic carboxylic acids is 1. The summed E-state index contributed by atoms with van der Waals surface area (Å²) in [6.07, 6.45) is 0.281. The molecule has 2 aromatic rings. The van der Waals surface area contributed by atoms with Crippen LogP contribution in [0, 0.1) is 0 Å². The standard InChI is InChI=1S/C25H26N2O6/c1-2-7-21(24(29)30)26-23(28)22-20(12-13-32-22)27-25(31)33-14-19-17-10-5-3-8-15(17)16-9-4-6-11-18(16)19/h2-6,8-11,19-22H,1,7,12-14H2,(H,26,28)(H,27,31)(H,29,30)/t20-,21?,22+/m1/s1. The molecule has 2 aromatic carbocycles. The average Bonchev–Trinajstić information content (AvgIpc) is 3.40. The Morgan fingerprint density at radius 2 is 1.76 bits per heavy atom. The van der Waals surface area contributed by atoms with Gasteiger partial charge in [0.1, 0.15) is 12.6 Å². The zero-order chi connectivity index (χ0) is 23.4. The second-order valence-corrected chi connectivity index (χ2v) is 8.08. The van der Waals surface area contributed by atoms with Gasteiger partial charge in [-0.1, -0.05) is 54.6 Å². The fourth-order valence-corrected chi connectivity index (χ4v) is 4.43. The van der Waals surface area contributed by atoms with E-state index in [1.807, 2.05) is 36.4 Å². The van der Waals surface area contributed by atoms with Crippen molar-refractivity contribution in [3.05, 3.63) is 72.3 Å². The third-order valence-electron chi connectivity index (χ3n) is 6.01. The number of hydrogen-bond donors (Lipinski definition) is 3. The molecule has 2 aliphatic rings. The molecule has 0 bridgehead atoms. The van der Waals surface area contributed by atoms with E-state index in [0.717, 1.165) is 22.3 Å². The van der Waals surface area contributed by atoms with Crippen LogP contribution in [-0.4, -0.2) is 54.5 Å². The van der Waals surface area contributed by atoms with Gasteiger partial charge in [0.25, 0.3) is 5.91 Å². The number of carbonyl (C=O) groups is 3. The number of alkyl carbamates (subject to hydrolysis) is 1. The third-order valence-corrected chi connectivity index (χ3v) is 6.01. The average molecular weight is 450 g/mol. The number of carboxylic acid groups (broad SMARTS) is 1. The van der Waals surface area contributed by atoms with Crippen LogP contribution in [0.15, 0.2) is 61.2 Å². The van der Waals surface area contributed by atoms with Crippen molar-refractivity contribution < 1.29 is 29.0 Å². The maximum Gasteiger partial charge on any atom is 0.407 e. The van der Waals surface area contributed by atoms with Gasteiger partial charge in [0.2, 0.25) is 0 Å². The Morgan fingerprint density at radius 1 is 1.12 bits per heavy atom. The molecule has 8 heteroatoms. The van der Waals surface area contributed by atoms with E-state index in [1.165, 1.54) is 6.08 Å². The van der Waals surface area contributed by atoms with Crippen LogP contribution in [0.2, 0.25) is 0 Å². The Balaban J connectivity index is 1.37. The van der Waals surface area contributed by atoms with Gasteiger partial charge in [0.05, 0.1) is 6.04 Å². The van der Waals surface area contributed by atoms with Crippen molar-refractivity contribution in [1.82, 2.24) is 10.6 Å². The van der Waals surface area contributed by atoms with Crippen molar-refractivity contribution in [2.45, 2.75) is 36.9 Å². The largest absolute Gasteiger partial charge is 0.480 e. The highest BCUT2D eigenvalue weighted by Gasteiger charge is 2.37. The number of hydrogen-bond acceptors (Lipinski definition) is 5. The predicted molar refractivity (Wildman–Crippen MR) is 121 cm³/mol. The number of fused-ring (bicyclic) bond motifs is 3. The molecule has 8 nitrogen and oxygen atoms in total. The van der Waals surface area contributed by atoms with E-state index >= 15 is 0 Å². The van der Waals surface area contributed by atoms with Gasteiger partial charge in [-0.3, -0.25) is 4.79 Å². The smallest absolute Gasteiger partial charge is 0.407 e. The summed E-state index contributed by atoms with van der Waals surface area (Å²) in [5.74, 6) is -1.83. The minimum absolute atomic E-state index is 0.0719. The summed E-state index contributed by atoms with van der Waals surface area (Å²) in [4.78, 5) is 36.4. The summed E-state index contributed by atoms with van der Waals surface area (Å²) in [6, 6.07) is 14.4. The quantitative estimate of drug-likeness (QED) is 0.533. The number of benzene rings is 2. The molecule has 0 spiro atoms. The third kappa shape index (κ3) is 4.75. The van der Waals surface area contributed by atoms with Crippen LogP contribution in [0.5, 0.6) is 0 Å². The number of ether oxygens (including phenoxy) is 2. The first kappa shape index (κ1) is 22.5. The zero-order valence-corrected chi connectivity index (χ0v) is 18.0. The van der Waals surface area contributed by atoms with Crippen LogP contribution < -0.4 is 10.6 Å². The summed E-state index contributed by atoms with van der Waals surface area (Å²) in [6.45, 7) is 3.93. The van der Waals surface area contributed by atoms with Crippen LogP contribution in [-0.2, 0) is 19.1 Å². The van der Waals surface area contributed by atoms with Crippen LogP contribution >= 0.6 is 0 Å². The lowest BCUT2D eigenvalue weighted by Gasteiger charge is -2.22. The van der Waals surface area contributed by atoms with Crippen LogP contribution in [0.1, 0.15) is 29.9 Å². The van der Waals surface area contributed by atoms with E-state index in [0.29, 0.717) is 6.42 Å². The van der Waals surface area contributed by atoms with Gasteiger partial charge in [-0.15, -0.1) is 6.58 Å². The maximum absolute atomic E-state index is 12.6. The lowest BCUT2D eigenvalue weighted by molar-refractivity contribution is -0.143. The lowest BCUT2D eigenvalue weighted by atomic mass is 9.98. The topological polar surface area (TPSA) is 114 Å². The van der Waals surface area contributed by atoms with E-state index in [-0.39, 0.29) is 25.6 Å². The summed E-state index contributed by atoms with van der Waals surface area (Å²) in [7, 11) is 0. The molecule has 1 unspecified atom stereocenters. The van der Waals surface area contributed by atoms with Gasteiger partial charge in [-0.25, -0.2) is 9.59 Å². The van der Waals surface area contributed by atoms with E-state index in [2.05, 4.69) is 29.3 Å². The number of carboxylic acids is 1. The number of carbonyl (C=O) groups excluding carboxylic acids is 2. The summed E-state index contributed by atoms with van der Waals surface area (Å²) in [5.41, 5.74) is 4.48. The molecule has 0 aromatic heterocycles. The van der Waals surface area contributed by atoms with Crippen molar-refractivity contribution >= 4 is 18.0 Å². The van der Waals surface area contributed by atoms with Crippen LogP contribution in [0.4, 0.5) is 4.79 Å². The molecule has 0 radical (unpaired) electrons. The van der Waals surface area contributed by atoms with Gasteiger partial charge >= 0.3 is 12.1 Å². The zero-order valence-electron chi connectivity index (χ0n) is 18.0. The van der Waals surface area contributed by atoms with Crippen LogP contribution in [0.3, 0.4) is 0 Å².